The van der Waals surface area contributed by atoms with E-state index in [0.29, 0.717) is 20.2 Å². The molecule has 1 amide bonds. The molecule has 124 valence electrons. The second-order valence-electron chi connectivity index (χ2n) is 4.94. The van der Waals surface area contributed by atoms with Gasteiger partial charge in [0.15, 0.2) is 11.4 Å². The number of hydrogen-bond donors (Lipinski definition) is 3. The molecule has 0 aromatic carbocycles. The van der Waals surface area contributed by atoms with Crippen molar-refractivity contribution in [2.45, 2.75) is 13.0 Å². The Hall–Kier alpha value is -2.16. The summed E-state index contributed by atoms with van der Waals surface area (Å²) in [4.78, 5) is 30.9. The van der Waals surface area contributed by atoms with Crippen molar-refractivity contribution in [2.24, 2.45) is 0 Å². The highest BCUT2D eigenvalue weighted by molar-refractivity contribution is 7.26. The number of thiophene rings is 1. The Morgan fingerprint density at radius 1 is 1.38 bits per heavy atom. The van der Waals surface area contributed by atoms with E-state index in [9.17, 15) is 14.7 Å². The van der Waals surface area contributed by atoms with Crippen LogP contribution in [0.15, 0.2) is 12.3 Å². The summed E-state index contributed by atoms with van der Waals surface area (Å²) in [5.74, 6) is -2.42. The van der Waals surface area contributed by atoms with Crippen molar-refractivity contribution < 1.29 is 19.8 Å². The Balaban J connectivity index is 2.18. The standard InChI is InChI=1S/C14H9Cl2N3O4S/c1-4(14(22)23)18-13(21)9-10(20)11-8(12(16)19-9)5-2-7(15)17-3-6(5)24-11/h2-4,20H,1H3,(H,18,21)(H,22,23)/t4-/m0/s1. The molecule has 7 nitrogen and oxygen atoms in total. The molecule has 3 aromatic heterocycles. The van der Waals surface area contributed by atoms with E-state index in [2.05, 4.69) is 15.3 Å². The molecule has 0 fully saturated rings. The van der Waals surface area contributed by atoms with Crippen molar-refractivity contribution in [2.75, 3.05) is 0 Å². The lowest BCUT2D eigenvalue weighted by Gasteiger charge is -2.10. The second-order valence-corrected chi connectivity index (χ2v) is 6.74. The van der Waals surface area contributed by atoms with Crippen LogP contribution in [0, 0.1) is 0 Å². The number of hydrogen-bond acceptors (Lipinski definition) is 6. The lowest BCUT2D eigenvalue weighted by Crippen LogP contribution is -2.38. The van der Waals surface area contributed by atoms with Gasteiger partial charge in [0.05, 0.1) is 9.40 Å². The summed E-state index contributed by atoms with van der Waals surface area (Å²) in [6.07, 6.45) is 1.53. The predicted octanol–water partition coefficient (Wildman–Crippen LogP) is 3.06. The monoisotopic (exact) mass is 385 g/mol. The Labute approximate surface area is 148 Å². The SMILES string of the molecule is C[C@H](NC(=O)c1nc(Cl)c2c(sc3cnc(Cl)cc32)c1O)C(=O)O. The maximum Gasteiger partial charge on any atom is 0.325 e. The largest absolute Gasteiger partial charge is 0.504 e. The van der Waals surface area contributed by atoms with Crippen molar-refractivity contribution in [1.29, 1.82) is 0 Å². The van der Waals surface area contributed by atoms with E-state index in [-0.39, 0.29) is 21.7 Å². The smallest absolute Gasteiger partial charge is 0.325 e. The number of rotatable bonds is 3. The van der Waals surface area contributed by atoms with Crippen LogP contribution < -0.4 is 5.32 Å². The van der Waals surface area contributed by atoms with Crippen LogP contribution in [0.5, 0.6) is 5.75 Å². The van der Waals surface area contributed by atoms with Gasteiger partial charge in [0, 0.05) is 17.0 Å². The highest BCUT2D eigenvalue weighted by Crippen LogP contribution is 2.43. The molecule has 0 aliphatic rings. The number of amides is 1. The summed E-state index contributed by atoms with van der Waals surface area (Å²) in [6.45, 7) is 1.30. The zero-order valence-electron chi connectivity index (χ0n) is 12.0. The molecule has 0 bridgehead atoms. The summed E-state index contributed by atoms with van der Waals surface area (Å²) < 4.78 is 1.06. The van der Waals surface area contributed by atoms with E-state index in [1.165, 1.54) is 24.5 Å². The summed E-state index contributed by atoms with van der Waals surface area (Å²) in [6, 6.07) is 0.452. The van der Waals surface area contributed by atoms with Crippen LogP contribution in [0.25, 0.3) is 20.2 Å². The first-order chi connectivity index (χ1) is 11.3. The first kappa shape index (κ1) is 16.7. The van der Waals surface area contributed by atoms with Crippen LogP contribution in [0.1, 0.15) is 17.4 Å². The molecule has 0 aliphatic heterocycles. The minimum atomic E-state index is -1.21. The Kier molecular flexibility index (Phi) is 4.20. The van der Waals surface area contributed by atoms with Crippen molar-refractivity contribution in [3.05, 3.63) is 28.3 Å². The van der Waals surface area contributed by atoms with Crippen LogP contribution in [-0.4, -0.2) is 38.1 Å². The zero-order valence-corrected chi connectivity index (χ0v) is 14.3. The lowest BCUT2D eigenvalue weighted by atomic mass is 10.2. The molecule has 24 heavy (non-hydrogen) atoms. The normalized spacial score (nSPS) is 12.5. The van der Waals surface area contributed by atoms with Crippen LogP contribution in [-0.2, 0) is 4.79 Å². The highest BCUT2D eigenvalue weighted by Gasteiger charge is 2.24. The van der Waals surface area contributed by atoms with Gasteiger partial charge in [-0.15, -0.1) is 11.3 Å². The number of aromatic hydroxyl groups is 1. The zero-order chi connectivity index (χ0) is 17.6. The number of carbonyl (C=O) groups is 2. The third-order valence-electron chi connectivity index (χ3n) is 3.33. The van der Waals surface area contributed by atoms with Crippen LogP contribution in [0.2, 0.25) is 10.3 Å². The van der Waals surface area contributed by atoms with E-state index in [1.807, 2.05) is 0 Å². The number of fused-ring (bicyclic) bond motifs is 3. The molecule has 0 radical (unpaired) electrons. The highest BCUT2D eigenvalue weighted by atomic mass is 35.5. The molecule has 0 unspecified atom stereocenters. The van der Waals surface area contributed by atoms with E-state index < -0.39 is 17.9 Å². The van der Waals surface area contributed by atoms with Crippen molar-refractivity contribution in [1.82, 2.24) is 15.3 Å². The van der Waals surface area contributed by atoms with Crippen molar-refractivity contribution >= 4 is 66.6 Å². The molecule has 0 saturated carbocycles. The molecular formula is C14H9Cl2N3O4S. The number of pyridine rings is 2. The predicted molar refractivity (Wildman–Crippen MR) is 91.2 cm³/mol. The summed E-state index contributed by atoms with van der Waals surface area (Å²) in [5.41, 5.74) is -0.341. The summed E-state index contributed by atoms with van der Waals surface area (Å²) in [7, 11) is 0. The van der Waals surface area contributed by atoms with Gasteiger partial charge in [-0.2, -0.15) is 0 Å². The summed E-state index contributed by atoms with van der Waals surface area (Å²) in [5, 5.41) is 22.9. The van der Waals surface area contributed by atoms with Gasteiger partial charge in [0.2, 0.25) is 0 Å². The minimum absolute atomic E-state index is 0.00412. The van der Waals surface area contributed by atoms with Gasteiger partial charge in [-0.3, -0.25) is 9.59 Å². The maximum atomic E-state index is 12.2. The van der Waals surface area contributed by atoms with Gasteiger partial charge in [0.25, 0.3) is 5.91 Å². The fourth-order valence-electron chi connectivity index (χ4n) is 2.15. The van der Waals surface area contributed by atoms with Gasteiger partial charge in [0.1, 0.15) is 16.3 Å². The van der Waals surface area contributed by atoms with Gasteiger partial charge < -0.3 is 15.5 Å². The van der Waals surface area contributed by atoms with Crippen molar-refractivity contribution in [3.8, 4) is 5.75 Å². The van der Waals surface area contributed by atoms with Gasteiger partial charge in [-0.25, -0.2) is 9.97 Å². The van der Waals surface area contributed by atoms with E-state index in [0.717, 1.165) is 0 Å². The number of carboxylic acid groups (broad SMARTS) is 1. The van der Waals surface area contributed by atoms with Crippen LogP contribution >= 0.6 is 34.5 Å². The third-order valence-corrected chi connectivity index (χ3v) is 4.96. The van der Waals surface area contributed by atoms with Crippen LogP contribution in [0.3, 0.4) is 0 Å². The quantitative estimate of drug-likeness (QED) is 0.597. The summed E-state index contributed by atoms with van der Waals surface area (Å²) >= 11 is 13.2. The van der Waals surface area contributed by atoms with E-state index in [1.54, 1.807) is 6.07 Å². The molecule has 3 N–H and O–H groups in total. The Morgan fingerprint density at radius 2 is 2.08 bits per heavy atom. The maximum absolute atomic E-state index is 12.2. The molecule has 10 heteroatoms. The van der Waals surface area contributed by atoms with Gasteiger partial charge in [-0.1, -0.05) is 23.2 Å². The number of aliphatic carboxylic acids is 1. The number of aromatic nitrogens is 2. The third kappa shape index (κ3) is 2.72. The van der Waals surface area contributed by atoms with E-state index in [4.69, 9.17) is 28.3 Å². The molecule has 0 spiro atoms. The number of nitrogens with zero attached hydrogens (tertiary/aromatic N) is 2. The fourth-order valence-corrected chi connectivity index (χ4v) is 3.74. The number of carbonyl (C=O) groups excluding carboxylic acids is 1. The Morgan fingerprint density at radius 3 is 2.75 bits per heavy atom. The lowest BCUT2D eigenvalue weighted by molar-refractivity contribution is -0.138. The minimum Gasteiger partial charge on any atom is -0.504 e. The molecule has 0 saturated heterocycles. The Bertz CT molecular complexity index is 1000. The van der Waals surface area contributed by atoms with E-state index >= 15 is 0 Å². The van der Waals surface area contributed by atoms with Gasteiger partial charge in [-0.05, 0) is 13.0 Å². The number of halogens is 2. The average molecular weight is 386 g/mol. The molecule has 3 rings (SSSR count). The molecule has 3 heterocycles. The first-order valence-electron chi connectivity index (χ1n) is 6.59. The topological polar surface area (TPSA) is 112 Å². The molecule has 3 aromatic rings. The second kappa shape index (κ2) is 6.04. The number of carboxylic acids is 1. The van der Waals surface area contributed by atoms with Crippen LogP contribution in [0.4, 0.5) is 0 Å². The molecule has 0 aliphatic carbocycles. The van der Waals surface area contributed by atoms with Gasteiger partial charge >= 0.3 is 5.97 Å². The first-order valence-corrected chi connectivity index (χ1v) is 8.16. The average Bonchev–Trinajstić information content (AvgIpc) is 2.89. The molecule has 1 atom stereocenters. The fraction of sp³-hybridized carbons (Fsp3) is 0.143. The molecular weight excluding hydrogens is 377 g/mol. The van der Waals surface area contributed by atoms with Crippen molar-refractivity contribution in [3.63, 3.8) is 0 Å². The number of nitrogens with one attached hydrogen (secondary N) is 1.